The third-order valence-corrected chi connectivity index (χ3v) is 9.90. The highest BCUT2D eigenvalue weighted by molar-refractivity contribution is 5.89. The molecule has 2 heterocycles. The van der Waals surface area contributed by atoms with Crippen LogP contribution in [0.3, 0.4) is 0 Å². The predicted octanol–water partition coefficient (Wildman–Crippen LogP) is 2.23. The maximum atomic E-state index is 14.5. The van der Waals surface area contributed by atoms with Crippen LogP contribution in [0.25, 0.3) is 10.4 Å². The molecule has 25 heteroatoms. The van der Waals surface area contributed by atoms with Crippen molar-refractivity contribution in [2.24, 2.45) is 5.11 Å². The number of carbonyl (C=O) groups excluding carboxylic acids is 9. The van der Waals surface area contributed by atoms with E-state index >= 15 is 0 Å². The second-order valence-corrected chi connectivity index (χ2v) is 15.4. The summed E-state index contributed by atoms with van der Waals surface area (Å²) in [6.45, 7) is 5.81. The van der Waals surface area contributed by atoms with Crippen molar-refractivity contribution in [3.8, 4) is 0 Å². The molecule has 11 atom stereocenters. The average Bonchev–Trinajstić information content (AvgIpc) is 3.26. The quantitative estimate of drug-likeness (QED) is 0.0388. The van der Waals surface area contributed by atoms with Crippen LogP contribution in [0.5, 0.6) is 0 Å². The van der Waals surface area contributed by atoms with Gasteiger partial charge in [-0.2, -0.15) is 0 Å². The second-order valence-electron chi connectivity index (χ2n) is 15.4. The van der Waals surface area contributed by atoms with Crippen LogP contribution in [0, 0.1) is 0 Å². The van der Waals surface area contributed by atoms with E-state index in [1.807, 2.05) is 0 Å². The van der Waals surface area contributed by atoms with Gasteiger partial charge in [0.1, 0.15) is 37.6 Å². The molecule has 0 saturated carbocycles. The fraction of sp³-hybridized carbons (Fsp3) is 0.651. The second kappa shape index (κ2) is 27.4. The number of unbranched alkanes of at least 4 members (excludes halogenated alkanes) is 3. The Morgan fingerprint density at radius 1 is 0.779 bits per heavy atom. The van der Waals surface area contributed by atoms with Gasteiger partial charge in [0.25, 0.3) is 5.79 Å². The molecule has 25 nitrogen and oxygen atoms in total. The van der Waals surface area contributed by atoms with Gasteiger partial charge < -0.3 is 62.2 Å². The molecule has 2 saturated heterocycles. The Balaban J connectivity index is 2.33. The summed E-state index contributed by atoms with van der Waals surface area (Å²) in [5.74, 6) is -11.7. The molecule has 0 aliphatic carbocycles. The van der Waals surface area contributed by atoms with E-state index in [9.17, 15) is 43.2 Å². The fourth-order valence-corrected chi connectivity index (χ4v) is 7.37. The number of nitrogens with one attached hydrogen (secondary N) is 1. The van der Waals surface area contributed by atoms with E-state index in [0.29, 0.717) is 25.7 Å². The number of ether oxygens (including phenoxy) is 12. The average molecular weight is 967 g/mol. The fourth-order valence-electron chi connectivity index (χ4n) is 7.37. The van der Waals surface area contributed by atoms with Gasteiger partial charge in [-0.3, -0.25) is 33.6 Å². The van der Waals surface area contributed by atoms with Gasteiger partial charge >= 0.3 is 47.8 Å². The highest BCUT2D eigenvalue weighted by atomic mass is 16.8. The number of esters is 8. The van der Waals surface area contributed by atoms with E-state index in [0.717, 1.165) is 55.6 Å². The van der Waals surface area contributed by atoms with Gasteiger partial charge in [0.2, 0.25) is 5.91 Å². The Labute approximate surface area is 390 Å². The van der Waals surface area contributed by atoms with Crippen molar-refractivity contribution in [1.82, 2.24) is 5.32 Å². The summed E-state index contributed by atoms with van der Waals surface area (Å²) in [4.78, 5) is 119. The minimum absolute atomic E-state index is 0.0665. The molecule has 2 aliphatic rings. The van der Waals surface area contributed by atoms with E-state index in [1.54, 1.807) is 18.2 Å². The van der Waals surface area contributed by atoms with Crippen molar-refractivity contribution in [1.29, 1.82) is 0 Å². The minimum atomic E-state index is -2.93. The monoisotopic (exact) mass is 966 g/mol. The van der Waals surface area contributed by atoms with Crippen LogP contribution in [-0.4, -0.2) is 154 Å². The number of nitrogens with zero attached hydrogens (tertiary/aromatic N) is 3. The molecule has 0 radical (unpaired) electrons. The Morgan fingerprint density at radius 2 is 1.41 bits per heavy atom. The molecule has 0 bridgehead atoms. The maximum absolute atomic E-state index is 14.5. The zero-order chi connectivity index (χ0) is 50.6. The van der Waals surface area contributed by atoms with Crippen molar-refractivity contribution in [3.05, 3.63) is 46.3 Å². The molecule has 0 unspecified atom stereocenters. The minimum Gasteiger partial charge on any atom is -0.465 e. The van der Waals surface area contributed by atoms with Crippen molar-refractivity contribution in [2.45, 2.75) is 148 Å². The Morgan fingerprint density at radius 3 is 1.99 bits per heavy atom. The topological polar surface area (TPSA) is 325 Å². The van der Waals surface area contributed by atoms with Gasteiger partial charge in [0, 0.05) is 66.5 Å². The summed E-state index contributed by atoms with van der Waals surface area (Å²) in [7, 11) is 0.917. The van der Waals surface area contributed by atoms with Gasteiger partial charge in [0.15, 0.2) is 30.7 Å². The third-order valence-electron chi connectivity index (χ3n) is 9.90. The molecule has 1 aromatic carbocycles. The third kappa shape index (κ3) is 17.4. The summed E-state index contributed by atoms with van der Waals surface area (Å²) in [6, 6.07) is 6.20. The van der Waals surface area contributed by atoms with Gasteiger partial charge in [0.05, 0.1) is 25.1 Å². The molecular weight excluding hydrogens is 908 g/mol. The number of hydrogen-bond donors (Lipinski definition) is 1. The lowest BCUT2D eigenvalue weighted by atomic mass is 9.87. The smallest absolute Gasteiger partial charge is 0.366 e. The standard InChI is InChI=1S/C43H58N4O21/c1-23(48)46-34-31(61-25(3)50)20-43(42(56)57-8,67-37(34)35(63-27(5)52)32(62-26(4)51)21-59-24(2)49)68-38-36(64-28(6)53)33(22-60-40(55)30-16-12-11-13-17-30)66-41(39(38)65-29(7)54)58-19-15-10-9-14-18-45-47-44/h11-13,16-17,31-39,41H,9-10,14-15,18-22H2,1-8H3,(H,46,48)/t31-,32+,33+,34+,35+,36-,37+,38-,39+,41+,43-/m0/s1. The van der Waals surface area contributed by atoms with Crippen LogP contribution < -0.4 is 5.32 Å². The van der Waals surface area contributed by atoms with Crippen LogP contribution in [0.4, 0.5) is 0 Å². The summed E-state index contributed by atoms with van der Waals surface area (Å²) in [5, 5.41) is 6.06. The molecule has 0 spiro atoms. The van der Waals surface area contributed by atoms with E-state index in [2.05, 4.69) is 15.3 Å². The number of rotatable bonds is 24. The summed E-state index contributed by atoms with van der Waals surface area (Å²) in [6.07, 6.45) is -14.7. The van der Waals surface area contributed by atoms with Crippen molar-refractivity contribution in [3.63, 3.8) is 0 Å². The number of carbonyl (C=O) groups is 9. The van der Waals surface area contributed by atoms with Crippen LogP contribution in [0.15, 0.2) is 35.4 Å². The predicted molar refractivity (Wildman–Crippen MR) is 225 cm³/mol. The van der Waals surface area contributed by atoms with Gasteiger partial charge in [-0.15, -0.1) is 0 Å². The normalized spacial score (nSPS) is 25.1. The van der Waals surface area contributed by atoms with Crippen molar-refractivity contribution >= 4 is 53.7 Å². The Kier molecular flexibility index (Phi) is 22.6. The molecule has 2 aliphatic heterocycles. The van der Waals surface area contributed by atoms with Crippen LogP contribution in [-0.2, 0) is 95.2 Å². The van der Waals surface area contributed by atoms with E-state index in [1.165, 1.54) is 12.1 Å². The molecule has 2 fully saturated rings. The zero-order valence-electron chi connectivity index (χ0n) is 38.9. The summed E-state index contributed by atoms with van der Waals surface area (Å²) < 4.78 is 69.6. The molecule has 1 amide bonds. The molecule has 0 aromatic heterocycles. The lowest BCUT2D eigenvalue weighted by molar-refractivity contribution is -0.371. The first-order chi connectivity index (χ1) is 32.2. The van der Waals surface area contributed by atoms with Crippen molar-refractivity contribution in [2.75, 3.05) is 33.5 Å². The van der Waals surface area contributed by atoms with E-state index < -0.39 is 140 Å². The van der Waals surface area contributed by atoms with Gasteiger partial charge in [-0.1, -0.05) is 36.2 Å². The molecular formula is C43H58N4O21. The number of hydrogen-bond acceptors (Lipinski definition) is 22. The SMILES string of the molecule is COC(=O)[C@@]1(O[C@H]2[C@@H](OC(C)=O)[C@@H](COC(=O)c3ccccc3)O[C@@H](OCCCCCCN=[N+]=[N-])[C@@H]2OC(C)=O)C[C@H](OC(C)=O)[C@@H](NC(C)=O)[C@H]([C@H](OC(C)=O)[C@@H](COC(C)=O)OC(C)=O)O1. The molecule has 1 N–H and O–H groups in total. The Hall–Kier alpha value is -6.40. The highest BCUT2D eigenvalue weighted by Gasteiger charge is 2.63. The summed E-state index contributed by atoms with van der Waals surface area (Å²) in [5.41, 5.74) is 8.72. The lowest BCUT2D eigenvalue weighted by Gasteiger charge is -2.51. The highest BCUT2D eigenvalue weighted by Crippen LogP contribution is 2.41. The van der Waals surface area contributed by atoms with Crippen molar-refractivity contribution < 1.29 is 100.0 Å². The van der Waals surface area contributed by atoms with Crippen LogP contribution >= 0.6 is 0 Å². The van der Waals surface area contributed by atoms with Gasteiger partial charge in [-0.25, -0.2) is 9.59 Å². The first-order valence-electron chi connectivity index (χ1n) is 21.4. The molecule has 1 aromatic rings. The number of benzene rings is 1. The lowest BCUT2D eigenvalue weighted by Crippen LogP contribution is -2.72. The van der Waals surface area contributed by atoms with Crippen LogP contribution in [0.1, 0.15) is 90.9 Å². The molecule has 68 heavy (non-hydrogen) atoms. The molecule has 376 valence electrons. The maximum Gasteiger partial charge on any atom is 0.366 e. The number of methoxy groups -OCH3 is 1. The van der Waals surface area contributed by atoms with E-state index in [-0.39, 0.29) is 18.7 Å². The summed E-state index contributed by atoms with van der Waals surface area (Å²) >= 11 is 0. The number of azide groups is 1. The van der Waals surface area contributed by atoms with Gasteiger partial charge in [-0.05, 0) is 30.5 Å². The first kappa shape index (κ1) is 55.9. The Bertz CT molecular complexity index is 1980. The zero-order valence-corrected chi connectivity index (χ0v) is 38.9. The number of amides is 1. The molecule has 3 rings (SSSR count). The first-order valence-corrected chi connectivity index (χ1v) is 21.4. The largest absolute Gasteiger partial charge is 0.465 e. The van der Waals surface area contributed by atoms with Crippen LogP contribution in [0.2, 0.25) is 0 Å². The van der Waals surface area contributed by atoms with E-state index in [4.69, 9.17) is 62.4 Å².